The first-order valence-electron chi connectivity index (χ1n) is 10.9. The fraction of sp³-hybridized carbons (Fsp3) is 0.417. The highest BCUT2D eigenvalue weighted by molar-refractivity contribution is 6.34. The van der Waals surface area contributed by atoms with E-state index in [1.165, 1.54) is 29.7 Å². The Kier molecular flexibility index (Phi) is 5.17. The number of carbonyl (C=O) groups excluding carboxylic acids is 2. The summed E-state index contributed by atoms with van der Waals surface area (Å²) in [5, 5.41) is 2.95. The van der Waals surface area contributed by atoms with Crippen molar-refractivity contribution in [2.45, 2.75) is 38.5 Å². The van der Waals surface area contributed by atoms with E-state index in [4.69, 9.17) is 4.74 Å². The number of nitrogens with one attached hydrogen (secondary N) is 2. The maximum Gasteiger partial charge on any atom is 0.256 e. The minimum absolute atomic E-state index is 0.0703. The molecular formula is C24H27N3O3. The summed E-state index contributed by atoms with van der Waals surface area (Å²) >= 11 is 0. The van der Waals surface area contributed by atoms with Crippen LogP contribution < -0.4 is 5.32 Å². The molecule has 2 amide bonds. The Morgan fingerprint density at radius 3 is 2.80 bits per heavy atom. The van der Waals surface area contributed by atoms with Gasteiger partial charge in [0.25, 0.3) is 5.91 Å². The summed E-state index contributed by atoms with van der Waals surface area (Å²) < 4.78 is 5.36. The van der Waals surface area contributed by atoms with Crippen molar-refractivity contribution in [2.75, 3.05) is 31.6 Å². The Hall–Kier alpha value is -2.86. The van der Waals surface area contributed by atoms with E-state index in [0.29, 0.717) is 44.7 Å². The molecule has 3 aliphatic rings. The van der Waals surface area contributed by atoms with Gasteiger partial charge in [-0.15, -0.1) is 0 Å². The van der Waals surface area contributed by atoms with Crippen molar-refractivity contribution in [1.29, 1.82) is 0 Å². The summed E-state index contributed by atoms with van der Waals surface area (Å²) in [5.41, 5.74) is 7.29. The molecule has 0 unspecified atom stereocenters. The van der Waals surface area contributed by atoms with Crippen LogP contribution in [0, 0.1) is 0 Å². The molecule has 1 aliphatic carbocycles. The van der Waals surface area contributed by atoms with Crippen LogP contribution in [0.15, 0.2) is 24.3 Å². The number of H-pyrrole nitrogens is 1. The number of benzene rings is 1. The Morgan fingerprint density at radius 2 is 1.93 bits per heavy atom. The van der Waals surface area contributed by atoms with E-state index in [1.54, 1.807) is 0 Å². The third-order valence-corrected chi connectivity index (χ3v) is 6.39. The van der Waals surface area contributed by atoms with Crippen molar-refractivity contribution < 1.29 is 14.3 Å². The molecule has 0 spiro atoms. The van der Waals surface area contributed by atoms with Crippen molar-refractivity contribution >= 4 is 29.2 Å². The molecule has 1 aromatic heterocycles. The number of aromatic nitrogens is 1. The maximum absolute atomic E-state index is 12.7. The lowest BCUT2D eigenvalue weighted by molar-refractivity contribution is -0.135. The van der Waals surface area contributed by atoms with Crippen LogP contribution in [0.5, 0.6) is 0 Å². The van der Waals surface area contributed by atoms with Gasteiger partial charge in [-0.05, 0) is 55.4 Å². The van der Waals surface area contributed by atoms with Gasteiger partial charge in [-0.2, -0.15) is 0 Å². The lowest BCUT2D eigenvalue weighted by Gasteiger charge is -2.27. The number of hydrogen-bond donors (Lipinski definition) is 2. The van der Waals surface area contributed by atoms with Gasteiger partial charge < -0.3 is 19.9 Å². The molecular weight excluding hydrogens is 378 g/mol. The Balaban J connectivity index is 1.45. The van der Waals surface area contributed by atoms with Crippen LogP contribution in [0.3, 0.4) is 0 Å². The Labute approximate surface area is 176 Å². The van der Waals surface area contributed by atoms with Crippen LogP contribution in [-0.4, -0.2) is 48.0 Å². The van der Waals surface area contributed by atoms with E-state index >= 15 is 0 Å². The highest BCUT2D eigenvalue weighted by atomic mass is 16.5. The summed E-state index contributed by atoms with van der Waals surface area (Å²) in [6, 6.07) is 7.78. The summed E-state index contributed by atoms with van der Waals surface area (Å²) in [4.78, 5) is 30.8. The molecule has 0 radical (unpaired) electrons. The van der Waals surface area contributed by atoms with Crippen molar-refractivity contribution in [3.8, 4) is 0 Å². The first-order chi connectivity index (χ1) is 14.7. The minimum atomic E-state index is -0.0703. The molecule has 2 aromatic rings. The molecule has 1 aromatic carbocycles. The summed E-state index contributed by atoms with van der Waals surface area (Å²) in [6.45, 7) is 2.60. The van der Waals surface area contributed by atoms with Gasteiger partial charge in [-0.3, -0.25) is 9.59 Å². The number of ether oxygens (including phenoxy) is 1. The van der Waals surface area contributed by atoms with Crippen molar-refractivity contribution in [2.24, 2.45) is 0 Å². The average Bonchev–Trinajstić information content (AvgIpc) is 3.29. The summed E-state index contributed by atoms with van der Waals surface area (Å²) in [5.74, 6) is 0.116. The summed E-state index contributed by atoms with van der Waals surface area (Å²) in [7, 11) is 0. The normalized spacial score (nSPS) is 19.5. The number of rotatable bonds is 4. The number of anilines is 1. The number of aromatic amines is 1. The maximum atomic E-state index is 12.7. The number of para-hydroxylation sites is 1. The van der Waals surface area contributed by atoms with Crippen LogP contribution in [0.2, 0.25) is 0 Å². The number of morpholine rings is 1. The lowest BCUT2D eigenvalue weighted by atomic mass is 9.92. The Bertz CT molecular complexity index is 1010. The van der Waals surface area contributed by atoms with Crippen LogP contribution in [0.1, 0.15) is 47.3 Å². The van der Waals surface area contributed by atoms with Crippen LogP contribution in [-0.2, 0) is 33.6 Å². The van der Waals surface area contributed by atoms with E-state index in [9.17, 15) is 9.59 Å². The zero-order valence-corrected chi connectivity index (χ0v) is 17.1. The fourth-order valence-corrected chi connectivity index (χ4v) is 4.82. The average molecular weight is 405 g/mol. The van der Waals surface area contributed by atoms with Crippen LogP contribution >= 0.6 is 0 Å². The van der Waals surface area contributed by atoms with Crippen LogP contribution in [0.25, 0.3) is 11.6 Å². The third kappa shape index (κ3) is 3.56. The van der Waals surface area contributed by atoms with Gasteiger partial charge >= 0.3 is 0 Å². The predicted molar refractivity (Wildman–Crippen MR) is 116 cm³/mol. The van der Waals surface area contributed by atoms with Crippen molar-refractivity contribution in [3.05, 3.63) is 52.3 Å². The first kappa shape index (κ1) is 19.1. The van der Waals surface area contributed by atoms with Gasteiger partial charge in [0.15, 0.2) is 0 Å². The minimum Gasteiger partial charge on any atom is -0.378 e. The zero-order valence-electron chi connectivity index (χ0n) is 17.1. The topological polar surface area (TPSA) is 74.4 Å². The van der Waals surface area contributed by atoms with Gasteiger partial charge in [-0.1, -0.05) is 18.2 Å². The van der Waals surface area contributed by atoms with E-state index in [2.05, 4.69) is 10.3 Å². The molecule has 30 heavy (non-hydrogen) atoms. The second-order valence-corrected chi connectivity index (χ2v) is 8.23. The van der Waals surface area contributed by atoms with Gasteiger partial charge in [0.2, 0.25) is 5.91 Å². The van der Waals surface area contributed by atoms with E-state index < -0.39 is 0 Å². The summed E-state index contributed by atoms with van der Waals surface area (Å²) in [6.07, 6.45) is 7.60. The molecule has 2 aliphatic heterocycles. The van der Waals surface area contributed by atoms with Gasteiger partial charge in [0.05, 0.1) is 18.8 Å². The molecule has 6 nitrogen and oxygen atoms in total. The molecule has 0 saturated carbocycles. The molecule has 1 saturated heterocycles. The highest BCUT2D eigenvalue weighted by Gasteiger charge is 2.26. The fourth-order valence-electron chi connectivity index (χ4n) is 4.82. The molecule has 0 atom stereocenters. The number of amides is 2. The van der Waals surface area contributed by atoms with E-state index in [-0.39, 0.29) is 11.8 Å². The Morgan fingerprint density at radius 1 is 1.13 bits per heavy atom. The van der Waals surface area contributed by atoms with Crippen LogP contribution in [0.4, 0.5) is 5.69 Å². The number of nitrogens with zero attached hydrogens (tertiary/aromatic N) is 1. The number of fused-ring (bicyclic) bond motifs is 2. The van der Waals surface area contributed by atoms with Crippen molar-refractivity contribution in [1.82, 2.24) is 9.88 Å². The molecule has 3 heterocycles. The standard InChI is InChI=1S/C24H27N3O3/c28-23(27-11-13-30-14-12-27)10-9-18-16-5-1-3-7-20(16)25-22(18)15-19-17-6-2-4-8-21(17)26-24(19)29/h2,4,6,8,15,25H,1,3,5,7,9-14H2,(H,26,29). The van der Waals surface area contributed by atoms with Gasteiger partial charge in [-0.25, -0.2) is 0 Å². The van der Waals surface area contributed by atoms with Gasteiger partial charge in [0, 0.05) is 42.1 Å². The predicted octanol–water partition coefficient (Wildman–Crippen LogP) is 3.18. The van der Waals surface area contributed by atoms with Gasteiger partial charge in [0.1, 0.15) is 0 Å². The second-order valence-electron chi connectivity index (χ2n) is 8.23. The monoisotopic (exact) mass is 405 g/mol. The number of carbonyl (C=O) groups is 2. The molecule has 2 N–H and O–H groups in total. The molecule has 1 fully saturated rings. The number of aryl methyl sites for hydroxylation is 1. The molecule has 0 bridgehead atoms. The smallest absolute Gasteiger partial charge is 0.256 e. The molecule has 5 rings (SSSR count). The SMILES string of the molecule is O=C1Nc2ccccc2C1=Cc1[nH]c2c(c1CCC(=O)N1CCOCC1)CCCC2. The zero-order chi connectivity index (χ0) is 20.5. The molecule has 6 heteroatoms. The first-order valence-corrected chi connectivity index (χ1v) is 10.9. The van der Waals surface area contributed by atoms with E-state index in [1.807, 2.05) is 35.2 Å². The van der Waals surface area contributed by atoms with Crippen molar-refractivity contribution in [3.63, 3.8) is 0 Å². The van der Waals surface area contributed by atoms with E-state index in [0.717, 1.165) is 29.8 Å². The number of hydrogen-bond acceptors (Lipinski definition) is 3. The lowest BCUT2D eigenvalue weighted by Crippen LogP contribution is -2.40. The largest absolute Gasteiger partial charge is 0.378 e. The quantitative estimate of drug-likeness (QED) is 0.768. The molecule has 156 valence electrons. The third-order valence-electron chi connectivity index (χ3n) is 6.39. The second kappa shape index (κ2) is 8.11. The highest BCUT2D eigenvalue weighted by Crippen LogP contribution is 2.35.